The highest BCUT2D eigenvalue weighted by Crippen LogP contribution is 2.25. The van der Waals surface area contributed by atoms with E-state index in [1.165, 1.54) is 0 Å². The summed E-state index contributed by atoms with van der Waals surface area (Å²) in [4.78, 5) is 14.3. The van der Waals surface area contributed by atoms with Crippen molar-refractivity contribution < 1.29 is 9.53 Å². The topological polar surface area (TPSA) is 59.4 Å². The van der Waals surface area contributed by atoms with Crippen LogP contribution >= 0.6 is 0 Å². The van der Waals surface area contributed by atoms with E-state index in [9.17, 15) is 4.79 Å². The maximum atomic E-state index is 12.5. The predicted octanol–water partition coefficient (Wildman–Crippen LogP) is 2.75. The molecule has 1 unspecified atom stereocenters. The van der Waals surface area contributed by atoms with E-state index < -0.39 is 5.60 Å². The minimum atomic E-state index is -0.499. The lowest BCUT2D eigenvalue weighted by molar-refractivity contribution is 0.0118. The molecule has 1 fully saturated rings. The maximum absolute atomic E-state index is 12.5. The standard InChI is InChI=1S/C18H24N4O2/c1-18(2,3)24-17(23)21-10-9-19-12-16(21)14-11-20-22(13-14)15-7-5-4-6-8-15/h4-8,11,13,16,19H,9-10,12H2,1-3H3. The van der Waals surface area contributed by atoms with Gasteiger partial charge in [0.15, 0.2) is 0 Å². The number of hydrogen-bond acceptors (Lipinski definition) is 4. The average Bonchev–Trinajstić information content (AvgIpc) is 3.04. The number of nitrogens with zero attached hydrogens (tertiary/aromatic N) is 3. The number of benzene rings is 1. The Morgan fingerprint density at radius 3 is 2.75 bits per heavy atom. The zero-order chi connectivity index (χ0) is 17.2. The Morgan fingerprint density at radius 1 is 1.29 bits per heavy atom. The van der Waals surface area contributed by atoms with Crippen LogP contribution in [0.4, 0.5) is 4.79 Å². The van der Waals surface area contributed by atoms with Gasteiger partial charge in [-0.1, -0.05) is 18.2 Å². The molecule has 2 aromatic rings. The smallest absolute Gasteiger partial charge is 0.410 e. The lowest BCUT2D eigenvalue weighted by atomic mass is 10.1. The van der Waals surface area contributed by atoms with E-state index in [1.54, 1.807) is 4.90 Å². The molecule has 1 amide bonds. The SMILES string of the molecule is CC(C)(C)OC(=O)N1CCNCC1c1cnn(-c2ccccc2)c1. The third kappa shape index (κ3) is 3.76. The third-order valence-corrected chi connectivity index (χ3v) is 3.88. The van der Waals surface area contributed by atoms with E-state index in [2.05, 4.69) is 10.4 Å². The van der Waals surface area contributed by atoms with Gasteiger partial charge in [0, 0.05) is 31.4 Å². The Kier molecular flexibility index (Phi) is 4.57. The molecule has 1 aliphatic rings. The number of para-hydroxylation sites is 1. The summed E-state index contributed by atoms with van der Waals surface area (Å²) in [7, 11) is 0. The summed E-state index contributed by atoms with van der Waals surface area (Å²) in [6.07, 6.45) is 3.52. The van der Waals surface area contributed by atoms with Crippen LogP contribution in [0.1, 0.15) is 32.4 Å². The molecule has 6 heteroatoms. The van der Waals surface area contributed by atoms with Gasteiger partial charge in [0.1, 0.15) is 5.60 Å². The fraction of sp³-hybridized carbons (Fsp3) is 0.444. The van der Waals surface area contributed by atoms with Gasteiger partial charge in [-0.05, 0) is 32.9 Å². The molecule has 0 radical (unpaired) electrons. The van der Waals surface area contributed by atoms with Gasteiger partial charge in [0.2, 0.25) is 0 Å². The summed E-state index contributed by atoms with van der Waals surface area (Å²) in [5.41, 5.74) is 1.49. The Balaban J connectivity index is 1.81. The van der Waals surface area contributed by atoms with E-state index in [0.29, 0.717) is 13.1 Å². The lowest BCUT2D eigenvalue weighted by Crippen LogP contribution is -2.50. The molecule has 0 bridgehead atoms. The van der Waals surface area contributed by atoms with Crippen LogP contribution in [-0.2, 0) is 4.74 Å². The minimum Gasteiger partial charge on any atom is -0.444 e. The number of hydrogen-bond donors (Lipinski definition) is 1. The summed E-state index contributed by atoms with van der Waals surface area (Å²) >= 11 is 0. The molecule has 6 nitrogen and oxygen atoms in total. The summed E-state index contributed by atoms with van der Waals surface area (Å²) in [5, 5.41) is 7.78. The predicted molar refractivity (Wildman–Crippen MR) is 92.1 cm³/mol. The average molecular weight is 328 g/mol. The molecule has 24 heavy (non-hydrogen) atoms. The van der Waals surface area contributed by atoms with Crippen molar-refractivity contribution in [2.75, 3.05) is 19.6 Å². The molecule has 0 spiro atoms. The molecule has 1 aliphatic heterocycles. The molecular formula is C18H24N4O2. The van der Waals surface area contributed by atoms with Crippen molar-refractivity contribution in [1.82, 2.24) is 20.0 Å². The van der Waals surface area contributed by atoms with E-state index >= 15 is 0 Å². The molecule has 1 aromatic carbocycles. The molecule has 3 rings (SSSR count). The minimum absolute atomic E-state index is 0.0777. The van der Waals surface area contributed by atoms with Crippen molar-refractivity contribution in [3.63, 3.8) is 0 Å². The summed E-state index contributed by atoms with van der Waals surface area (Å²) in [6, 6.07) is 9.86. The van der Waals surface area contributed by atoms with Crippen LogP contribution in [0, 0.1) is 0 Å². The highest BCUT2D eigenvalue weighted by atomic mass is 16.6. The largest absolute Gasteiger partial charge is 0.444 e. The number of piperazine rings is 1. The third-order valence-electron chi connectivity index (χ3n) is 3.88. The van der Waals surface area contributed by atoms with Crippen molar-refractivity contribution in [3.05, 3.63) is 48.3 Å². The van der Waals surface area contributed by atoms with E-state index in [-0.39, 0.29) is 12.1 Å². The van der Waals surface area contributed by atoms with Gasteiger partial charge in [0.25, 0.3) is 0 Å². The Bertz CT molecular complexity index is 691. The Morgan fingerprint density at radius 2 is 2.04 bits per heavy atom. The van der Waals surface area contributed by atoms with E-state index in [4.69, 9.17) is 4.74 Å². The summed E-state index contributed by atoms with van der Waals surface area (Å²) < 4.78 is 7.38. The molecule has 1 atom stereocenters. The van der Waals surface area contributed by atoms with Crippen LogP contribution in [0.3, 0.4) is 0 Å². The molecule has 128 valence electrons. The normalized spacial score (nSPS) is 18.5. The van der Waals surface area contributed by atoms with E-state index in [1.807, 2.05) is 68.2 Å². The fourth-order valence-electron chi connectivity index (χ4n) is 2.77. The number of aromatic nitrogens is 2. The van der Waals surface area contributed by atoms with Crippen LogP contribution < -0.4 is 5.32 Å². The molecule has 1 aromatic heterocycles. The molecule has 2 heterocycles. The van der Waals surface area contributed by atoms with Crippen LogP contribution in [0.25, 0.3) is 5.69 Å². The van der Waals surface area contributed by atoms with Crippen molar-refractivity contribution >= 4 is 6.09 Å². The second kappa shape index (κ2) is 6.65. The fourth-order valence-corrected chi connectivity index (χ4v) is 2.77. The molecule has 1 N–H and O–H groups in total. The van der Waals surface area contributed by atoms with E-state index in [0.717, 1.165) is 17.8 Å². The first-order chi connectivity index (χ1) is 11.4. The van der Waals surface area contributed by atoms with Gasteiger partial charge in [0.05, 0.1) is 17.9 Å². The monoisotopic (exact) mass is 328 g/mol. The summed E-state index contributed by atoms with van der Waals surface area (Å²) in [5.74, 6) is 0. The van der Waals surface area contributed by atoms with Crippen LogP contribution in [0.2, 0.25) is 0 Å². The maximum Gasteiger partial charge on any atom is 0.410 e. The molecule has 1 saturated heterocycles. The number of carbonyl (C=O) groups is 1. The number of carbonyl (C=O) groups excluding carboxylic acids is 1. The van der Waals surface area contributed by atoms with Gasteiger partial charge in [-0.3, -0.25) is 4.90 Å². The second-order valence-corrected chi connectivity index (χ2v) is 6.95. The van der Waals surface area contributed by atoms with Gasteiger partial charge in [-0.15, -0.1) is 0 Å². The highest BCUT2D eigenvalue weighted by Gasteiger charge is 2.32. The first-order valence-corrected chi connectivity index (χ1v) is 8.24. The van der Waals surface area contributed by atoms with Gasteiger partial charge >= 0.3 is 6.09 Å². The Labute approximate surface area is 142 Å². The first-order valence-electron chi connectivity index (χ1n) is 8.24. The highest BCUT2D eigenvalue weighted by molar-refractivity contribution is 5.69. The van der Waals surface area contributed by atoms with Gasteiger partial charge in [-0.25, -0.2) is 9.48 Å². The number of amides is 1. The summed E-state index contributed by atoms with van der Waals surface area (Å²) in [6.45, 7) is 7.74. The Hall–Kier alpha value is -2.34. The molecular weight excluding hydrogens is 304 g/mol. The quantitative estimate of drug-likeness (QED) is 0.921. The number of nitrogens with one attached hydrogen (secondary N) is 1. The molecule has 0 saturated carbocycles. The van der Waals surface area contributed by atoms with Crippen molar-refractivity contribution in [1.29, 1.82) is 0 Å². The van der Waals surface area contributed by atoms with Crippen molar-refractivity contribution in [3.8, 4) is 5.69 Å². The first kappa shape index (κ1) is 16.5. The van der Waals surface area contributed by atoms with Gasteiger partial charge in [-0.2, -0.15) is 5.10 Å². The van der Waals surface area contributed by atoms with Crippen molar-refractivity contribution in [2.24, 2.45) is 0 Å². The van der Waals surface area contributed by atoms with Crippen LogP contribution in [-0.4, -0.2) is 46.0 Å². The lowest BCUT2D eigenvalue weighted by Gasteiger charge is -2.36. The van der Waals surface area contributed by atoms with Gasteiger partial charge < -0.3 is 10.1 Å². The molecule has 0 aliphatic carbocycles. The van der Waals surface area contributed by atoms with Crippen LogP contribution in [0.5, 0.6) is 0 Å². The second-order valence-electron chi connectivity index (χ2n) is 6.95. The number of rotatable bonds is 2. The van der Waals surface area contributed by atoms with Crippen LogP contribution in [0.15, 0.2) is 42.7 Å². The number of ether oxygens (including phenoxy) is 1. The zero-order valence-corrected chi connectivity index (χ0v) is 14.4. The van der Waals surface area contributed by atoms with Crippen molar-refractivity contribution in [2.45, 2.75) is 32.4 Å². The zero-order valence-electron chi connectivity index (χ0n) is 14.4.